The van der Waals surface area contributed by atoms with E-state index in [0.29, 0.717) is 24.8 Å². The highest BCUT2D eigenvalue weighted by Gasteiger charge is 2.06. The summed E-state index contributed by atoms with van der Waals surface area (Å²) >= 11 is 0. The van der Waals surface area contributed by atoms with Crippen molar-refractivity contribution in [3.05, 3.63) is 41.1 Å². The van der Waals surface area contributed by atoms with E-state index >= 15 is 0 Å². The molecule has 1 aromatic carbocycles. The van der Waals surface area contributed by atoms with Crippen molar-refractivity contribution in [1.29, 1.82) is 0 Å². The molecule has 0 radical (unpaired) electrons. The van der Waals surface area contributed by atoms with Crippen molar-refractivity contribution in [3.8, 4) is 5.75 Å². The quantitative estimate of drug-likeness (QED) is 0.871. The molecule has 0 saturated carbocycles. The minimum atomic E-state index is 0.269. The molecule has 0 bridgehead atoms. The van der Waals surface area contributed by atoms with Gasteiger partial charge in [-0.1, -0.05) is 18.2 Å². The van der Waals surface area contributed by atoms with Crippen molar-refractivity contribution in [1.82, 2.24) is 10.2 Å². The Labute approximate surface area is 106 Å². The molecule has 0 saturated heterocycles. The van der Waals surface area contributed by atoms with Gasteiger partial charge in [0.15, 0.2) is 0 Å². The molecule has 2 N–H and O–H groups in total. The lowest BCUT2D eigenvalue weighted by atomic mass is 10.1. The fourth-order valence-electron chi connectivity index (χ4n) is 1.74. The largest absolute Gasteiger partial charge is 0.493 e. The second kappa shape index (κ2) is 5.64. The number of ether oxygens (including phenoxy) is 1. The van der Waals surface area contributed by atoms with Crippen LogP contribution in [0.5, 0.6) is 5.75 Å². The van der Waals surface area contributed by atoms with Crippen LogP contribution in [0.3, 0.4) is 0 Å². The van der Waals surface area contributed by atoms with E-state index in [-0.39, 0.29) is 6.54 Å². The summed E-state index contributed by atoms with van der Waals surface area (Å²) in [5.41, 5.74) is 7.65. The summed E-state index contributed by atoms with van der Waals surface area (Å²) in [4.78, 5) is 0. The molecule has 96 valence electrons. The third-order valence-electron chi connectivity index (χ3n) is 2.65. The zero-order chi connectivity index (χ0) is 13.0. The third-order valence-corrected chi connectivity index (χ3v) is 2.65. The summed E-state index contributed by atoms with van der Waals surface area (Å²) in [6.07, 6.45) is 0.584. The molecule has 2 aromatic rings. The summed E-state index contributed by atoms with van der Waals surface area (Å²) in [5, 5.41) is 7.68. The third kappa shape index (κ3) is 2.87. The number of para-hydroxylation sites is 1. The summed E-state index contributed by atoms with van der Waals surface area (Å²) in [7, 11) is 0. The molecule has 0 aliphatic carbocycles. The molecule has 0 fully saturated rings. The number of nitrogens with two attached hydrogens (primary N) is 1. The lowest BCUT2D eigenvalue weighted by Crippen LogP contribution is -2.04. The molecule has 18 heavy (non-hydrogen) atoms. The van der Waals surface area contributed by atoms with Gasteiger partial charge in [0.2, 0.25) is 11.8 Å². The zero-order valence-electron chi connectivity index (χ0n) is 10.6. The van der Waals surface area contributed by atoms with Crippen molar-refractivity contribution in [3.63, 3.8) is 0 Å². The Morgan fingerprint density at radius 1 is 1.17 bits per heavy atom. The lowest BCUT2D eigenvalue weighted by Gasteiger charge is -2.10. The minimum Gasteiger partial charge on any atom is -0.493 e. The molecular formula is C13H17N3O2. The number of aromatic nitrogens is 2. The van der Waals surface area contributed by atoms with Crippen LogP contribution in [0.4, 0.5) is 0 Å². The molecular weight excluding hydrogens is 230 g/mol. The monoisotopic (exact) mass is 247 g/mol. The highest BCUT2D eigenvalue weighted by molar-refractivity contribution is 5.39. The fourth-order valence-corrected chi connectivity index (χ4v) is 1.74. The van der Waals surface area contributed by atoms with Gasteiger partial charge in [0, 0.05) is 0 Å². The Balaban J connectivity index is 1.92. The molecule has 5 heteroatoms. The second-order valence-electron chi connectivity index (χ2n) is 4.11. The van der Waals surface area contributed by atoms with Gasteiger partial charge in [0.05, 0.1) is 19.6 Å². The Morgan fingerprint density at radius 3 is 2.44 bits per heavy atom. The van der Waals surface area contributed by atoms with Gasteiger partial charge >= 0.3 is 0 Å². The first kappa shape index (κ1) is 12.6. The van der Waals surface area contributed by atoms with E-state index < -0.39 is 0 Å². The summed E-state index contributed by atoms with van der Waals surface area (Å²) in [6.45, 7) is 4.84. The molecule has 0 spiro atoms. The first-order valence-corrected chi connectivity index (χ1v) is 5.91. The van der Waals surface area contributed by atoms with Crippen LogP contribution < -0.4 is 10.5 Å². The van der Waals surface area contributed by atoms with E-state index in [4.69, 9.17) is 14.9 Å². The van der Waals surface area contributed by atoms with E-state index in [1.807, 2.05) is 32.0 Å². The summed E-state index contributed by atoms with van der Waals surface area (Å²) in [6, 6.07) is 6.08. The molecule has 1 aromatic heterocycles. The molecule has 0 aliphatic heterocycles. The fraction of sp³-hybridized carbons (Fsp3) is 0.385. The topological polar surface area (TPSA) is 74.2 Å². The van der Waals surface area contributed by atoms with Crippen LogP contribution in [0.15, 0.2) is 22.6 Å². The zero-order valence-corrected chi connectivity index (χ0v) is 10.6. The maximum atomic E-state index is 5.76. The van der Waals surface area contributed by atoms with Crippen LogP contribution in [0.1, 0.15) is 22.9 Å². The number of benzene rings is 1. The Kier molecular flexibility index (Phi) is 3.94. The highest BCUT2D eigenvalue weighted by Crippen LogP contribution is 2.22. The number of hydrogen-bond acceptors (Lipinski definition) is 5. The SMILES string of the molecule is Cc1cccc(C)c1OCCc1nnc(CN)o1. The number of nitrogens with zero attached hydrogens (tertiary/aromatic N) is 2. The van der Waals surface area contributed by atoms with E-state index in [1.165, 1.54) is 0 Å². The standard InChI is InChI=1S/C13H17N3O2/c1-9-4-3-5-10(2)13(9)17-7-6-11-15-16-12(8-14)18-11/h3-5H,6-8,14H2,1-2H3. The lowest BCUT2D eigenvalue weighted by molar-refractivity contribution is 0.300. The number of rotatable bonds is 5. The normalized spacial score (nSPS) is 10.6. The minimum absolute atomic E-state index is 0.269. The maximum absolute atomic E-state index is 5.76. The summed E-state index contributed by atoms with van der Waals surface area (Å²) in [5.74, 6) is 1.94. The molecule has 0 amide bonds. The Hall–Kier alpha value is -1.88. The molecule has 0 aliphatic rings. The van der Waals surface area contributed by atoms with Gasteiger partial charge in [0.1, 0.15) is 5.75 Å². The van der Waals surface area contributed by atoms with Crippen LogP contribution in [0.25, 0.3) is 0 Å². The van der Waals surface area contributed by atoms with Crippen molar-refractivity contribution in [2.45, 2.75) is 26.8 Å². The molecule has 2 rings (SSSR count). The van der Waals surface area contributed by atoms with Crippen molar-refractivity contribution in [2.24, 2.45) is 5.73 Å². The highest BCUT2D eigenvalue weighted by atomic mass is 16.5. The van der Waals surface area contributed by atoms with E-state index in [0.717, 1.165) is 16.9 Å². The van der Waals surface area contributed by atoms with Crippen LogP contribution in [0.2, 0.25) is 0 Å². The van der Waals surface area contributed by atoms with Crippen LogP contribution in [-0.2, 0) is 13.0 Å². The van der Waals surface area contributed by atoms with E-state index in [2.05, 4.69) is 10.2 Å². The van der Waals surface area contributed by atoms with Crippen molar-refractivity contribution in [2.75, 3.05) is 6.61 Å². The number of hydrogen-bond donors (Lipinski definition) is 1. The van der Waals surface area contributed by atoms with Gasteiger partial charge < -0.3 is 14.9 Å². The molecule has 1 heterocycles. The average Bonchev–Trinajstić information content (AvgIpc) is 2.81. The summed E-state index contributed by atoms with van der Waals surface area (Å²) < 4.78 is 11.1. The van der Waals surface area contributed by atoms with Gasteiger partial charge in [-0.25, -0.2) is 0 Å². The molecule has 5 nitrogen and oxygen atoms in total. The first-order valence-electron chi connectivity index (χ1n) is 5.91. The van der Waals surface area contributed by atoms with Gasteiger partial charge in [0.25, 0.3) is 0 Å². The maximum Gasteiger partial charge on any atom is 0.230 e. The van der Waals surface area contributed by atoms with Gasteiger partial charge in [-0.3, -0.25) is 0 Å². The Morgan fingerprint density at radius 2 is 1.83 bits per heavy atom. The van der Waals surface area contributed by atoms with Crippen molar-refractivity contribution >= 4 is 0 Å². The number of aryl methyl sites for hydroxylation is 2. The van der Waals surface area contributed by atoms with Gasteiger partial charge in [-0.05, 0) is 25.0 Å². The molecule has 0 unspecified atom stereocenters. The molecule has 0 atom stereocenters. The smallest absolute Gasteiger partial charge is 0.230 e. The van der Waals surface area contributed by atoms with Crippen LogP contribution in [0, 0.1) is 13.8 Å². The van der Waals surface area contributed by atoms with Crippen LogP contribution in [-0.4, -0.2) is 16.8 Å². The van der Waals surface area contributed by atoms with E-state index in [1.54, 1.807) is 0 Å². The second-order valence-corrected chi connectivity index (χ2v) is 4.11. The average molecular weight is 247 g/mol. The van der Waals surface area contributed by atoms with Crippen molar-refractivity contribution < 1.29 is 9.15 Å². The first-order chi connectivity index (χ1) is 8.70. The van der Waals surface area contributed by atoms with Gasteiger partial charge in [-0.15, -0.1) is 10.2 Å². The Bertz CT molecular complexity index is 502. The predicted octanol–water partition coefficient (Wildman–Crippen LogP) is 1.77. The predicted molar refractivity (Wildman–Crippen MR) is 67.3 cm³/mol. The van der Waals surface area contributed by atoms with Crippen LogP contribution >= 0.6 is 0 Å². The van der Waals surface area contributed by atoms with E-state index in [9.17, 15) is 0 Å². The van der Waals surface area contributed by atoms with Gasteiger partial charge in [-0.2, -0.15) is 0 Å².